The minimum Gasteiger partial charge on any atom is -0.437 e. The van der Waals surface area contributed by atoms with E-state index in [2.05, 4.69) is 9.47 Å². The van der Waals surface area contributed by atoms with Gasteiger partial charge >= 0.3 is 12.2 Å². The van der Waals surface area contributed by atoms with Crippen molar-refractivity contribution in [3.05, 3.63) is 0 Å². The smallest absolute Gasteiger partial charge is 0.437 e. The predicted octanol–water partition coefficient (Wildman–Crippen LogP) is 1.23. The Morgan fingerprint density at radius 3 is 2.08 bits per heavy atom. The maximum atomic E-state index is 11.0. The van der Waals surface area contributed by atoms with Gasteiger partial charge in [0.15, 0.2) is 0 Å². The summed E-state index contributed by atoms with van der Waals surface area (Å²) in [6.45, 7) is 4.60. The number of amides is 1. The molecule has 0 fully saturated rings. The van der Waals surface area contributed by atoms with Gasteiger partial charge in [-0.15, -0.1) is 0 Å². The van der Waals surface area contributed by atoms with E-state index in [9.17, 15) is 9.59 Å². The van der Waals surface area contributed by atoms with Crippen LogP contribution >= 0.6 is 0 Å². The van der Waals surface area contributed by atoms with Crippen molar-refractivity contribution in [1.82, 2.24) is 4.90 Å². The molecule has 0 spiro atoms. The minimum absolute atomic E-state index is 0.506. The quantitative estimate of drug-likeness (QED) is 0.468. The van der Waals surface area contributed by atoms with Crippen molar-refractivity contribution in [2.45, 2.75) is 13.8 Å². The van der Waals surface area contributed by atoms with E-state index in [0.29, 0.717) is 13.1 Å². The summed E-state index contributed by atoms with van der Waals surface area (Å²) >= 11 is 0. The van der Waals surface area contributed by atoms with Crippen molar-refractivity contribution >= 4 is 12.2 Å². The Kier molecular flexibility index (Phi) is 4.83. The van der Waals surface area contributed by atoms with E-state index in [4.69, 9.17) is 0 Å². The average molecular weight is 175 g/mol. The summed E-state index contributed by atoms with van der Waals surface area (Å²) in [5.74, 6) is 0. The number of methoxy groups -OCH3 is 1. The maximum Gasteiger partial charge on any atom is 0.517 e. The van der Waals surface area contributed by atoms with Gasteiger partial charge in [-0.05, 0) is 13.8 Å². The zero-order chi connectivity index (χ0) is 9.56. The van der Waals surface area contributed by atoms with Gasteiger partial charge in [0.1, 0.15) is 0 Å². The molecule has 0 aromatic carbocycles. The molecule has 0 saturated heterocycles. The molecule has 12 heavy (non-hydrogen) atoms. The van der Waals surface area contributed by atoms with Crippen LogP contribution in [0.5, 0.6) is 0 Å². The molecular formula is C7H13NO4. The first-order valence-electron chi connectivity index (χ1n) is 3.70. The Hall–Kier alpha value is -1.26. The summed E-state index contributed by atoms with van der Waals surface area (Å²) < 4.78 is 8.42. The lowest BCUT2D eigenvalue weighted by Gasteiger charge is -2.16. The molecular weight excluding hydrogens is 162 g/mol. The number of carbonyl (C=O) groups excluding carboxylic acids is 2. The molecule has 0 aliphatic heterocycles. The second-order valence-electron chi connectivity index (χ2n) is 1.99. The molecule has 0 bridgehead atoms. The molecule has 0 saturated carbocycles. The normalized spacial score (nSPS) is 8.92. The third-order valence-corrected chi connectivity index (χ3v) is 1.36. The largest absolute Gasteiger partial charge is 0.517 e. The van der Waals surface area contributed by atoms with E-state index < -0.39 is 12.2 Å². The van der Waals surface area contributed by atoms with Crippen molar-refractivity contribution in [3.8, 4) is 0 Å². The van der Waals surface area contributed by atoms with Crippen LogP contribution in [-0.4, -0.2) is 37.3 Å². The average Bonchev–Trinajstić information content (AvgIpc) is 2.06. The Labute approximate surface area is 71.2 Å². The summed E-state index contributed by atoms with van der Waals surface area (Å²) in [5, 5.41) is 0. The van der Waals surface area contributed by atoms with Gasteiger partial charge in [-0.3, -0.25) is 0 Å². The zero-order valence-corrected chi connectivity index (χ0v) is 7.49. The Morgan fingerprint density at radius 1 is 1.25 bits per heavy atom. The fourth-order valence-corrected chi connectivity index (χ4v) is 0.659. The van der Waals surface area contributed by atoms with Gasteiger partial charge in [0.2, 0.25) is 0 Å². The van der Waals surface area contributed by atoms with Gasteiger partial charge in [-0.2, -0.15) is 0 Å². The lowest BCUT2D eigenvalue weighted by atomic mass is 10.6. The Morgan fingerprint density at radius 2 is 1.75 bits per heavy atom. The molecule has 0 radical (unpaired) electrons. The number of nitrogens with zero attached hydrogens (tertiary/aromatic N) is 1. The Balaban J connectivity index is 3.92. The molecule has 0 aromatic heterocycles. The molecule has 5 nitrogen and oxygen atoms in total. The van der Waals surface area contributed by atoms with Gasteiger partial charge in [-0.1, -0.05) is 0 Å². The topological polar surface area (TPSA) is 55.8 Å². The molecule has 70 valence electrons. The first-order valence-corrected chi connectivity index (χ1v) is 3.70. The molecule has 0 atom stereocenters. The second kappa shape index (κ2) is 5.40. The molecule has 1 amide bonds. The van der Waals surface area contributed by atoms with Crippen molar-refractivity contribution in [2.24, 2.45) is 0 Å². The molecule has 0 rings (SSSR count). The van der Waals surface area contributed by atoms with E-state index in [1.54, 1.807) is 13.8 Å². The molecule has 0 aliphatic carbocycles. The van der Waals surface area contributed by atoms with Crippen molar-refractivity contribution in [1.29, 1.82) is 0 Å². The summed E-state index contributed by atoms with van der Waals surface area (Å²) in [6, 6.07) is 0. The number of rotatable bonds is 2. The molecule has 0 aromatic rings. The van der Waals surface area contributed by atoms with Gasteiger partial charge in [0, 0.05) is 13.1 Å². The van der Waals surface area contributed by atoms with Crippen LogP contribution in [0, 0.1) is 0 Å². The summed E-state index contributed by atoms with van der Waals surface area (Å²) in [6.07, 6.45) is -1.65. The minimum atomic E-state index is -0.980. The number of ether oxygens (including phenoxy) is 2. The first-order chi connectivity index (χ1) is 5.65. The third-order valence-electron chi connectivity index (χ3n) is 1.36. The van der Waals surface area contributed by atoms with E-state index in [-0.39, 0.29) is 0 Å². The fourth-order valence-electron chi connectivity index (χ4n) is 0.659. The monoisotopic (exact) mass is 175 g/mol. The maximum absolute atomic E-state index is 11.0. The lowest BCUT2D eigenvalue weighted by Crippen LogP contribution is -2.32. The van der Waals surface area contributed by atoms with Crippen LogP contribution in [0.25, 0.3) is 0 Å². The van der Waals surface area contributed by atoms with Gasteiger partial charge in [0.25, 0.3) is 0 Å². The SMILES string of the molecule is CCN(CC)C(=O)OC(=O)OC. The summed E-state index contributed by atoms with van der Waals surface area (Å²) in [4.78, 5) is 22.8. The highest BCUT2D eigenvalue weighted by atomic mass is 16.7. The van der Waals surface area contributed by atoms with Crippen molar-refractivity contribution < 1.29 is 19.1 Å². The highest BCUT2D eigenvalue weighted by Gasteiger charge is 2.15. The fraction of sp³-hybridized carbons (Fsp3) is 0.714. The molecule has 0 unspecified atom stereocenters. The summed E-state index contributed by atoms with van der Waals surface area (Å²) in [5.41, 5.74) is 0. The van der Waals surface area contributed by atoms with Gasteiger partial charge in [0.05, 0.1) is 7.11 Å². The van der Waals surface area contributed by atoms with Gasteiger partial charge in [-0.25, -0.2) is 9.59 Å². The highest BCUT2D eigenvalue weighted by molar-refractivity contribution is 5.80. The number of hydrogen-bond donors (Lipinski definition) is 0. The third kappa shape index (κ3) is 3.23. The zero-order valence-electron chi connectivity index (χ0n) is 7.49. The van der Waals surface area contributed by atoms with Crippen LogP contribution in [0.15, 0.2) is 0 Å². The standard InChI is InChI=1S/C7H13NO4/c1-4-8(5-2)6(9)12-7(10)11-3/h4-5H2,1-3H3. The van der Waals surface area contributed by atoms with Crippen LogP contribution < -0.4 is 0 Å². The first kappa shape index (κ1) is 10.7. The number of hydrogen-bond acceptors (Lipinski definition) is 4. The van der Waals surface area contributed by atoms with E-state index in [0.717, 1.165) is 7.11 Å². The van der Waals surface area contributed by atoms with Gasteiger partial charge < -0.3 is 14.4 Å². The second-order valence-corrected chi connectivity index (χ2v) is 1.99. The van der Waals surface area contributed by atoms with Crippen LogP contribution in [0.1, 0.15) is 13.8 Å². The highest BCUT2D eigenvalue weighted by Crippen LogP contribution is 1.94. The van der Waals surface area contributed by atoms with Crippen molar-refractivity contribution in [2.75, 3.05) is 20.2 Å². The van der Waals surface area contributed by atoms with Crippen LogP contribution in [0.2, 0.25) is 0 Å². The van der Waals surface area contributed by atoms with E-state index in [1.807, 2.05) is 0 Å². The van der Waals surface area contributed by atoms with Crippen LogP contribution in [-0.2, 0) is 9.47 Å². The van der Waals surface area contributed by atoms with E-state index in [1.165, 1.54) is 4.90 Å². The van der Waals surface area contributed by atoms with E-state index >= 15 is 0 Å². The Bertz CT molecular complexity index is 165. The number of carbonyl (C=O) groups is 2. The molecule has 0 heterocycles. The lowest BCUT2D eigenvalue weighted by molar-refractivity contribution is 0.0754. The van der Waals surface area contributed by atoms with Crippen LogP contribution in [0.3, 0.4) is 0 Å². The van der Waals surface area contributed by atoms with Crippen LogP contribution in [0.4, 0.5) is 9.59 Å². The summed E-state index contributed by atoms with van der Waals surface area (Å²) in [7, 11) is 1.15. The van der Waals surface area contributed by atoms with Crippen molar-refractivity contribution in [3.63, 3.8) is 0 Å². The predicted molar refractivity (Wildman–Crippen MR) is 41.8 cm³/mol. The molecule has 5 heteroatoms. The molecule has 0 aliphatic rings. The molecule has 0 N–H and O–H groups in total.